The Labute approximate surface area is 162 Å². The maximum absolute atomic E-state index is 12.8. The summed E-state index contributed by atoms with van der Waals surface area (Å²) < 4.78 is 6.68. The Morgan fingerprint density at radius 2 is 1.96 bits per heavy atom. The fourth-order valence-electron chi connectivity index (χ4n) is 3.04. The third-order valence-electron chi connectivity index (χ3n) is 4.49. The van der Waals surface area contributed by atoms with Crippen molar-refractivity contribution in [1.82, 2.24) is 14.5 Å². The van der Waals surface area contributed by atoms with Gasteiger partial charge < -0.3 is 9.30 Å². The lowest BCUT2D eigenvalue weighted by Gasteiger charge is -2.09. The maximum Gasteiger partial charge on any atom is 0.307 e. The predicted octanol–water partition coefficient (Wildman–Crippen LogP) is 3.59. The standard InChI is InChI=1S/C20H21N3O3S/c1-13-10-16(14(2)23(13)9-8-19(25)26-3)18(24)11-27-20-15-6-4-5-7-17(15)21-12-22-20/h4-7,10,12H,8-9,11H2,1-3H3. The van der Waals surface area contributed by atoms with Gasteiger partial charge in [0.2, 0.25) is 0 Å². The number of esters is 1. The molecule has 0 atom stereocenters. The van der Waals surface area contributed by atoms with Crippen molar-refractivity contribution in [1.29, 1.82) is 0 Å². The number of thioether (sulfide) groups is 1. The zero-order valence-electron chi connectivity index (χ0n) is 15.6. The lowest BCUT2D eigenvalue weighted by atomic mass is 10.2. The second-order valence-corrected chi connectivity index (χ2v) is 7.13. The van der Waals surface area contributed by atoms with Gasteiger partial charge in [0.05, 0.1) is 24.8 Å². The molecule has 3 aromatic rings. The molecule has 3 rings (SSSR count). The minimum Gasteiger partial charge on any atom is -0.469 e. The normalized spacial score (nSPS) is 10.9. The number of aryl methyl sites for hydroxylation is 1. The molecule has 140 valence electrons. The van der Waals surface area contributed by atoms with Crippen LogP contribution >= 0.6 is 11.8 Å². The van der Waals surface area contributed by atoms with Crippen molar-refractivity contribution in [3.05, 3.63) is 53.6 Å². The maximum atomic E-state index is 12.8. The number of rotatable bonds is 7. The van der Waals surface area contributed by atoms with Crippen LogP contribution in [-0.4, -0.2) is 39.2 Å². The van der Waals surface area contributed by atoms with Crippen molar-refractivity contribution in [2.24, 2.45) is 0 Å². The Bertz CT molecular complexity index is 992. The molecule has 0 bridgehead atoms. The molecule has 0 N–H and O–H groups in total. The van der Waals surface area contributed by atoms with Crippen LogP contribution in [-0.2, 0) is 16.1 Å². The number of benzene rings is 1. The van der Waals surface area contributed by atoms with Crippen LogP contribution in [0.2, 0.25) is 0 Å². The van der Waals surface area contributed by atoms with Crippen molar-refractivity contribution < 1.29 is 14.3 Å². The molecular weight excluding hydrogens is 362 g/mol. The Kier molecular flexibility index (Phi) is 5.91. The fourth-order valence-corrected chi connectivity index (χ4v) is 3.91. The van der Waals surface area contributed by atoms with Crippen LogP contribution in [0, 0.1) is 13.8 Å². The number of Topliss-reactive ketones (excluding diaryl/α,β-unsaturated/α-hetero) is 1. The minimum absolute atomic E-state index is 0.0418. The smallest absolute Gasteiger partial charge is 0.307 e. The van der Waals surface area contributed by atoms with Gasteiger partial charge in [-0.3, -0.25) is 9.59 Å². The first-order chi connectivity index (χ1) is 13.0. The van der Waals surface area contributed by atoms with Gasteiger partial charge in [0, 0.05) is 28.9 Å². The number of fused-ring (bicyclic) bond motifs is 1. The van der Waals surface area contributed by atoms with E-state index in [4.69, 9.17) is 4.74 Å². The number of nitrogens with zero attached hydrogens (tertiary/aromatic N) is 3. The van der Waals surface area contributed by atoms with Crippen LogP contribution in [0.15, 0.2) is 41.7 Å². The Hall–Kier alpha value is -2.67. The molecule has 0 radical (unpaired) electrons. The summed E-state index contributed by atoms with van der Waals surface area (Å²) in [5.41, 5.74) is 3.37. The molecule has 0 aliphatic rings. The van der Waals surface area contributed by atoms with E-state index in [1.165, 1.54) is 25.2 Å². The van der Waals surface area contributed by atoms with Crippen LogP contribution in [0.25, 0.3) is 10.9 Å². The molecule has 0 amide bonds. The number of hydrogen-bond acceptors (Lipinski definition) is 6. The Balaban J connectivity index is 1.74. The summed E-state index contributed by atoms with van der Waals surface area (Å²) in [5, 5.41) is 1.75. The molecule has 0 unspecified atom stereocenters. The molecule has 7 heteroatoms. The van der Waals surface area contributed by atoms with Gasteiger partial charge in [-0.1, -0.05) is 30.0 Å². The molecule has 0 aliphatic heterocycles. The van der Waals surface area contributed by atoms with Gasteiger partial charge >= 0.3 is 5.97 Å². The van der Waals surface area contributed by atoms with Crippen LogP contribution in [0.5, 0.6) is 0 Å². The molecule has 0 saturated carbocycles. The number of methoxy groups -OCH3 is 1. The van der Waals surface area contributed by atoms with E-state index in [2.05, 4.69) is 9.97 Å². The first-order valence-electron chi connectivity index (χ1n) is 8.60. The molecule has 0 fully saturated rings. The summed E-state index contributed by atoms with van der Waals surface area (Å²) >= 11 is 1.41. The molecule has 2 aromatic heterocycles. The lowest BCUT2D eigenvalue weighted by Crippen LogP contribution is -2.10. The molecule has 0 saturated heterocycles. The van der Waals surface area contributed by atoms with Crippen LogP contribution in [0.3, 0.4) is 0 Å². The van der Waals surface area contributed by atoms with Crippen LogP contribution < -0.4 is 0 Å². The van der Waals surface area contributed by atoms with Crippen molar-refractivity contribution >= 4 is 34.4 Å². The number of carbonyl (C=O) groups is 2. The highest BCUT2D eigenvalue weighted by Crippen LogP contribution is 2.26. The number of carbonyl (C=O) groups excluding carboxylic acids is 2. The summed E-state index contributed by atoms with van der Waals surface area (Å²) in [6, 6.07) is 9.64. The highest BCUT2D eigenvalue weighted by atomic mass is 32.2. The second kappa shape index (κ2) is 8.35. The predicted molar refractivity (Wildman–Crippen MR) is 105 cm³/mol. The van der Waals surface area contributed by atoms with E-state index in [-0.39, 0.29) is 18.2 Å². The summed E-state index contributed by atoms with van der Waals surface area (Å²) in [6.07, 6.45) is 1.80. The molecule has 27 heavy (non-hydrogen) atoms. The van der Waals surface area contributed by atoms with Crippen molar-refractivity contribution in [2.75, 3.05) is 12.9 Å². The number of para-hydroxylation sites is 1. The number of ether oxygens (including phenoxy) is 1. The topological polar surface area (TPSA) is 74.1 Å². The van der Waals surface area contributed by atoms with E-state index >= 15 is 0 Å². The summed E-state index contributed by atoms with van der Waals surface area (Å²) in [6.45, 7) is 4.34. The van der Waals surface area contributed by atoms with E-state index in [0.717, 1.165) is 27.3 Å². The average molecular weight is 383 g/mol. The number of ketones is 1. The Morgan fingerprint density at radius 3 is 2.74 bits per heavy atom. The molecule has 0 aliphatic carbocycles. The van der Waals surface area contributed by atoms with E-state index in [1.54, 1.807) is 0 Å². The summed E-state index contributed by atoms with van der Waals surface area (Å²) in [5.74, 6) is 0.0733. The van der Waals surface area contributed by atoms with Crippen LogP contribution in [0.4, 0.5) is 0 Å². The van der Waals surface area contributed by atoms with Gasteiger partial charge in [-0.05, 0) is 26.0 Å². The third kappa shape index (κ3) is 4.19. The first-order valence-corrected chi connectivity index (χ1v) is 9.59. The van der Waals surface area contributed by atoms with Gasteiger partial charge in [0.1, 0.15) is 11.4 Å². The molecule has 2 heterocycles. The van der Waals surface area contributed by atoms with Crippen molar-refractivity contribution in [2.45, 2.75) is 31.8 Å². The fraction of sp³-hybridized carbons (Fsp3) is 0.300. The zero-order chi connectivity index (χ0) is 19.4. The highest BCUT2D eigenvalue weighted by molar-refractivity contribution is 8.00. The quantitative estimate of drug-likeness (QED) is 0.269. The van der Waals surface area contributed by atoms with Crippen molar-refractivity contribution in [3.8, 4) is 0 Å². The van der Waals surface area contributed by atoms with Gasteiger partial charge in [-0.15, -0.1) is 0 Å². The summed E-state index contributed by atoms with van der Waals surface area (Å²) in [4.78, 5) is 32.7. The average Bonchev–Trinajstić information content (AvgIpc) is 2.97. The van der Waals surface area contributed by atoms with Gasteiger partial charge in [0.15, 0.2) is 5.78 Å². The third-order valence-corrected chi connectivity index (χ3v) is 5.49. The molecule has 0 spiro atoms. The number of aromatic nitrogens is 3. The zero-order valence-corrected chi connectivity index (χ0v) is 16.4. The van der Waals surface area contributed by atoms with E-state index < -0.39 is 0 Å². The first kappa shape index (κ1) is 19.1. The van der Waals surface area contributed by atoms with Gasteiger partial charge in [-0.25, -0.2) is 9.97 Å². The number of hydrogen-bond donors (Lipinski definition) is 0. The molecule has 6 nitrogen and oxygen atoms in total. The SMILES string of the molecule is COC(=O)CCn1c(C)cc(C(=O)CSc2ncnc3ccccc23)c1C. The molecule has 1 aromatic carbocycles. The van der Waals surface area contributed by atoms with E-state index in [1.807, 2.05) is 48.7 Å². The lowest BCUT2D eigenvalue weighted by molar-refractivity contribution is -0.140. The van der Waals surface area contributed by atoms with Gasteiger partial charge in [-0.2, -0.15) is 0 Å². The highest BCUT2D eigenvalue weighted by Gasteiger charge is 2.17. The minimum atomic E-state index is -0.262. The summed E-state index contributed by atoms with van der Waals surface area (Å²) in [7, 11) is 1.38. The second-order valence-electron chi connectivity index (χ2n) is 6.17. The Morgan fingerprint density at radius 1 is 1.19 bits per heavy atom. The van der Waals surface area contributed by atoms with Gasteiger partial charge in [0.25, 0.3) is 0 Å². The molecular formula is C20H21N3O3S. The van der Waals surface area contributed by atoms with E-state index in [0.29, 0.717) is 17.9 Å². The van der Waals surface area contributed by atoms with Crippen LogP contribution in [0.1, 0.15) is 28.2 Å². The largest absolute Gasteiger partial charge is 0.469 e. The van der Waals surface area contributed by atoms with E-state index in [9.17, 15) is 9.59 Å². The van der Waals surface area contributed by atoms with Crippen molar-refractivity contribution in [3.63, 3.8) is 0 Å². The monoisotopic (exact) mass is 383 g/mol.